The van der Waals surface area contributed by atoms with Gasteiger partial charge >= 0.3 is 0 Å². The van der Waals surface area contributed by atoms with Crippen LogP contribution in [0, 0.1) is 5.92 Å². The van der Waals surface area contributed by atoms with Gasteiger partial charge in [-0.3, -0.25) is 0 Å². The van der Waals surface area contributed by atoms with Gasteiger partial charge in [-0.1, -0.05) is 20.8 Å². The van der Waals surface area contributed by atoms with Gasteiger partial charge in [-0.25, -0.2) is 0 Å². The van der Waals surface area contributed by atoms with E-state index in [2.05, 4.69) is 44.1 Å². The molecule has 1 rings (SSSR count). The van der Waals surface area contributed by atoms with Crippen LogP contribution in [0.4, 0.5) is 0 Å². The Morgan fingerprint density at radius 2 is 1.86 bits per heavy atom. The van der Waals surface area contributed by atoms with E-state index in [1.165, 1.54) is 5.56 Å². The molecule has 0 spiro atoms. The van der Waals surface area contributed by atoms with Crippen molar-refractivity contribution < 1.29 is 9.84 Å². The highest BCUT2D eigenvalue weighted by Crippen LogP contribution is 2.35. The molecule has 0 saturated carbocycles. The van der Waals surface area contributed by atoms with Crippen LogP contribution in [0.3, 0.4) is 0 Å². The van der Waals surface area contributed by atoms with Gasteiger partial charge in [-0.15, -0.1) is 0 Å². The Hall–Kier alpha value is -0.100. The van der Waals surface area contributed by atoms with E-state index >= 15 is 0 Å². The zero-order valence-corrected chi connectivity index (χ0v) is 16.3. The first-order chi connectivity index (χ1) is 9.77. The lowest BCUT2D eigenvalue weighted by Gasteiger charge is -2.28. The molecule has 21 heavy (non-hydrogen) atoms. The van der Waals surface area contributed by atoms with Crippen LogP contribution in [0.5, 0.6) is 5.75 Å². The first kappa shape index (κ1) is 18.9. The first-order valence-electron chi connectivity index (χ1n) is 7.31. The second kappa shape index (κ2) is 8.51. The lowest BCUT2D eigenvalue weighted by molar-refractivity contribution is -0.0270. The number of rotatable bonds is 8. The van der Waals surface area contributed by atoms with Crippen LogP contribution in [0.1, 0.15) is 39.7 Å². The standard InChI is InChI=1S/C16H25Br2NO2/c1-5-6-19-9-12-7-13(17)15(14(18)8-12)21-10-16(4,20)11(2)3/h7-8,11,19-20H,5-6,9-10H2,1-4H3. The van der Waals surface area contributed by atoms with Crippen molar-refractivity contribution in [2.24, 2.45) is 5.92 Å². The molecule has 1 atom stereocenters. The van der Waals surface area contributed by atoms with E-state index in [1.807, 2.05) is 26.0 Å². The average molecular weight is 423 g/mol. The van der Waals surface area contributed by atoms with Crippen molar-refractivity contribution in [2.75, 3.05) is 13.2 Å². The maximum absolute atomic E-state index is 10.3. The summed E-state index contributed by atoms with van der Waals surface area (Å²) in [4.78, 5) is 0. The molecule has 3 nitrogen and oxygen atoms in total. The Balaban J connectivity index is 2.76. The Bertz CT molecular complexity index is 439. The molecule has 1 aromatic carbocycles. The van der Waals surface area contributed by atoms with Gasteiger partial charge in [0.05, 0.1) is 14.5 Å². The van der Waals surface area contributed by atoms with Crippen LogP contribution in [0.25, 0.3) is 0 Å². The van der Waals surface area contributed by atoms with Crippen molar-refractivity contribution in [2.45, 2.75) is 46.3 Å². The summed E-state index contributed by atoms with van der Waals surface area (Å²) in [6.07, 6.45) is 1.12. The third kappa shape index (κ3) is 5.89. The van der Waals surface area contributed by atoms with Gasteiger partial charge in [-0.2, -0.15) is 0 Å². The minimum atomic E-state index is -0.847. The molecule has 2 N–H and O–H groups in total. The fourth-order valence-electron chi connectivity index (χ4n) is 1.65. The third-order valence-corrected chi connectivity index (χ3v) is 4.74. The fraction of sp³-hybridized carbons (Fsp3) is 0.625. The van der Waals surface area contributed by atoms with Gasteiger partial charge in [0.2, 0.25) is 0 Å². The van der Waals surface area contributed by atoms with Crippen LogP contribution in [-0.2, 0) is 6.54 Å². The van der Waals surface area contributed by atoms with E-state index in [1.54, 1.807) is 6.92 Å². The van der Waals surface area contributed by atoms with Crippen molar-refractivity contribution in [3.8, 4) is 5.75 Å². The van der Waals surface area contributed by atoms with Crippen molar-refractivity contribution in [1.82, 2.24) is 5.32 Å². The number of aliphatic hydroxyl groups is 1. The minimum absolute atomic E-state index is 0.132. The van der Waals surface area contributed by atoms with Gasteiger partial charge in [0, 0.05) is 6.54 Å². The van der Waals surface area contributed by atoms with Crippen molar-refractivity contribution in [1.29, 1.82) is 0 Å². The predicted molar refractivity (Wildman–Crippen MR) is 94.8 cm³/mol. The fourth-order valence-corrected chi connectivity index (χ4v) is 3.16. The molecule has 0 radical (unpaired) electrons. The molecule has 5 heteroatoms. The summed E-state index contributed by atoms with van der Waals surface area (Å²) >= 11 is 7.09. The van der Waals surface area contributed by atoms with Crippen molar-refractivity contribution in [3.05, 3.63) is 26.6 Å². The van der Waals surface area contributed by atoms with E-state index < -0.39 is 5.60 Å². The molecule has 0 aliphatic rings. The molecule has 0 fully saturated rings. The third-order valence-electron chi connectivity index (χ3n) is 3.57. The average Bonchev–Trinajstić information content (AvgIpc) is 2.37. The van der Waals surface area contributed by atoms with E-state index in [0.717, 1.165) is 34.2 Å². The SMILES string of the molecule is CCCNCc1cc(Br)c(OCC(C)(O)C(C)C)c(Br)c1. The van der Waals surface area contributed by atoms with Crippen LogP contribution in [0.2, 0.25) is 0 Å². The van der Waals surface area contributed by atoms with E-state index in [-0.39, 0.29) is 12.5 Å². The normalized spacial score (nSPS) is 14.3. The van der Waals surface area contributed by atoms with Gasteiger partial charge in [0.1, 0.15) is 12.4 Å². The first-order valence-corrected chi connectivity index (χ1v) is 8.90. The van der Waals surface area contributed by atoms with Crippen molar-refractivity contribution >= 4 is 31.9 Å². The lowest BCUT2D eigenvalue weighted by atomic mass is 9.94. The maximum atomic E-state index is 10.3. The number of halogens is 2. The Kier molecular flexibility index (Phi) is 7.68. The highest BCUT2D eigenvalue weighted by Gasteiger charge is 2.26. The summed E-state index contributed by atoms with van der Waals surface area (Å²) in [5, 5.41) is 13.6. The van der Waals surface area contributed by atoms with Crippen LogP contribution < -0.4 is 10.1 Å². The molecule has 0 heterocycles. The Morgan fingerprint density at radius 1 is 1.29 bits per heavy atom. The summed E-state index contributed by atoms with van der Waals surface area (Å²) in [6.45, 7) is 10.00. The van der Waals surface area contributed by atoms with E-state index in [0.29, 0.717) is 0 Å². The van der Waals surface area contributed by atoms with Gasteiger partial charge in [0.15, 0.2) is 0 Å². The number of nitrogens with one attached hydrogen (secondary N) is 1. The van der Waals surface area contributed by atoms with E-state index in [4.69, 9.17) is 4.74 Å². The largest absolute Gasteiger partial charge is 0.488 e. The molecule has 0 bridgehead atoms. The zero-order valence-electron chi connectivity index (χ0n) is 13.2. The molecule has 120 valence electrons. The second-order valence-electron chi connectivity index (χ2n) is 5.87. The molecular weight excluding hydrogens is 398 g/mol. The minimum Gasteiger partial charge on any atom is -0.488 e. The molecule has 0 aliphatic heterocycles. The number of hydrogen-bond donors (Lipinski definition) is 2. The predicted octanol–water partition coefficient (Wildman–Crippen LogP) is 4.50. The van der Waals surface area contributed by atoms with Gasteiger partial charge in [-0.05, 0) is 75.4 Å². The van der Waals surface area contributed by atoms with Crippen LogP contribution >= 0.6 is 31.9 Å². The molecule has 1 unspecified atom stereocenters. The molecule has 0 amide bonds. The number of benzene rings is 1. The summed E-state index contributed by atoms with van der Waals surface area (Å²) in [5.41, 5.74) is 0.338. The van der Waals surface area contributed by atoms with Gasteiger partial charge in [0.25, 0.3) is 0 Å². The quantitative estimate of drug-likeness (QED) is 0.606. The highest BCUT2D eigenvalue weighted by atomic mass is 79.9. The lowest BCUT2D eigenvalue weighted by Crippen LogP contribution is -2.37. The van der Waals surface area contributed by atoms with E-state index in [9.17, 15) is 5.11 Å². The summed E-state index contributed by atoms with van der Waals surface area (Å²) < 4.78 is 7.60. The maximum Gasteiger partial charge on any atom is 0.147 e. The molecular formula is C16H25Br2NO2. The van der Waals surface area contributed by atoms with Crippen LogP contribution in [-0.4, -0.2) is 23.9 Å². The smallest absolute Gasteiger partial charge is 0.147 e. The molecule has 0 saturated heterocycles. The monoisotopic (exact) mass is 421 g/mol. The molecule has 1 aromatic rings. The summed E-state index contributed by atoms with van der Waals surface area (Å²) in [7, 11) is 0. The zero-order chi connectivity index (χ0) is 16.0. The molecule has 0 aliphatic carbocycles. The highest BCUT2D eigenvalue weighted by molar-refractivity contribution is 9.11. The Morgan fingerprint density at radius 3 is 2.33 bits per heavy atom. The second-order valence-corrected chi connectivity index (χ2v) is 7.57. The van der Waals surface area contributed by atoms with Gasteiger partial charge < -0.3 is 15.2 Å². The summed E-state index contributed by atoms with van der Waals surface area (Å²) in [5.74, 6) is 0.864. The topological polar surface area (TPSA) is 41.5 Å². The number of ether oxygens (including phenoxy) is 1. The Labute approximate surface area is 144 Å². The van der Waals surface area contributed by atoms with Crippen LogP contribution in [0.15, 0.2) is 21.1 Å². The molecule has 0 aromatic heterocycles. The summed E-state index contributed by atoms with van der Waals surface area (Å²) in [6, 6.07) is 4.10. The number of hydrogen-bond acceptors (Lipinski definition) is 3. The van der Waals surface area contributed by atoms with Crippen molar-refractivity contribution in [3.63, 3.8) is 0 Å².